The average Bonchev–Trinajstić information content (AvgIpc) is 3.16. The first kappa shape index (κ1) is 17.2. The van der Waals surface area contributed by atoms with Gasteiger partial charge in [0.15, 0.2) is 0 Å². The minimum atomic E-state index is 0.0384. The van der Waals surface area contributed by atoms with Crippen LogP contribution in [0.25, 0.3) is 0 Å². The van der Waals surface area contributed by atoms with E-state index in [4.69, 9.17) is 4.74 Å². The van der Waals surface area contributed by atoms with Gasteiger partial charge in [-0.15, -0.1) is 0 Å². The molecular formula is C19H25N5O2. The van der Waals surface area contributed by atoms with Crippen LogP contribution in [0.4, 0.5) is 0 Å². The molecule has 2 saturated heterocycles. The Balaban J connectivity index is 1.29. The molecule has 2 aliphatic rings. The number of ether oxygens (including phenoxy) is 1. The summed E-state index contributed by atoms with van der Waals surface area (Å²) in [5.41, 5.74) is 1.76. The van der Waals surface area contributed by atoms with Crippen molar-refractivity contribution in [1.82, 2.24) is 25.0 Å². The molecule has 2 fully saturated rings. The fourth-order valence-corrected chi connectivity index (χ4v) is 4.10. The molecule has 0 radical (unpaired) electrons. The quantitative estimate of drug-likeness (QED) is 0.881. The molecule has 4 rings (SSSR count). The van der Waals surface area contributed by atoms with E-state index in [1.807, 2.05) is 23.2 Å². The van der Waals surface area contributed by atoms with E-state index in [9.17, 15) is 4.79 Å². The Kier molecular flexibility index (Phi) is 4.74. The van der Waals surface area contributed by atoms with Crippen LogP contribution in [0.1, 0.15) is 28.9 Å². The molecule has 2 aliphatic heterocycles. The molecule has 1 amide bonds. The maximum absolute atomic E-state index is 12.4. The number of nitrogens with one attached hydrogen (secondary N) is 1. The van der Waals surface area contributed by atoms with Gasteiger partial charge in [0.2, 0.25) is 0 Å². The van der Waals surface area contributed by atoms with Gasteiger partial charge in [0.05, 0.1) is 12.1 Å². The Hall–Kier alpha value is -2.25. The molecule has 4 heterocycles. The van der Waals surface area contributed by atoms with E-state index in [-0.39, 0.29) is 11.4 Å². The molecule has 138 valence electrons. The number of carbonyl (C=O) groups excluding carboxylic acids is 1. The van der Waals surface area contributed by atoms with E-state index in [1.165, 1.54) is 0 Å². The zero-order chi connectivity index (χ0) is 18.0. The van der Waals surface area contributed by atoms with Crippen molar-refractivity contribution in [2.75, 3.05) is 33.3 Å². The monoisotopic (exact) mass is 355 g/mol. The molecule has 1 spiro atoms. The molecule has 1 N–H and O–H groups in total. The van der Waals surface area contributed by atoms with Gasteiger partial charge < -0.3 is 9.64 Å². The lowest BCUT2D eigenvalue weighted by Crippen LogP contribution is -2.72. The highest BCUT2D eigenvalue weighted by Crippen LogP contribution is 2.38. The summed E-state index contributed by atoms with van der Waals surface area (Å²) in [6, 6.07) is 5.70. The van der Waals surface area contributed by atoms with E-state index in [1.54, 1.807) is 18.5 Å². The van der Waals surface area contributed by atoms with Crippen LogP contribution in [0.3, 0.4) is 0 Å². The van der Waals surface area contributed by atoms with Crippen molar-refractivity contribution in [3.63, 3.8) is 0 Å². The summed E-state index contributed by atoms with van der Waals surface area (Å²) in [7, 11) is 2.17. The molecule has 0 aliphatic carbocycles. The number of carbonyl (C=O) groups is 1. The van der Waals surface area contributed by atoms with Crippen molar-refractivity contribution in [3.8, 4) is 0 Å². The lowest BCUT2D eigenvalue weighted by Gasteiger charge is -2.58. The fourth-order valence-electron chi connectivity index (χ4n) is 4.10. The van der Waals surface area contributed by atoms with Crippen molar-refractivity contribution in [1.29, 1.82) is 0 Å². The highest BCUT2D eigenvalue weighted by atomic mass is 16.5. The van der Waals surface area contributed by atoms with Crippen LogP contribution in [-0.4, -0.2) is 69.7 Å². The molecule has 7 nitrogen and oxygen atoms in total. The van der Waals surface area contributed by atoms with Gasteiger partial charge in [-0.3, -0.25) is 19.8 Å². The fraction of sp³-hybridized carbons (Fsp3) is 0.526. The molecule has 26 heavy (non-hydrogen) atoms. The third kappa shape index (κ3) is 3.37. The van der Waals surface area contributed by atoms with Gasteiger partial charge >= 0.3 is 0 Å². The zero-order valence-corrected chi connectivity index (χ0v) is 15.1. The number of amides is 1. The normalized spacial score (nSPS) is 22.3. The Morgan fingerprint density at radius 3 is 3.00 bits per heavy atom. The highest BCUT2D eigenvalue weighted by Gasteiger charge is 2.51. The molecule has 2 aromatic rings. The third-order valence-corrected chi connectivity index (χ3v) is 5.68. The van der Waals surface area contributed by atoms with Crippen LogP contribution in [0.5, 0.6) is 0 Å². The maximum atomic E-state index is 12.4. The van der Waals surface area contributed by atoms with Gasteiger partial charge in [0.1, 0.15) is 5.69 Å². The number of nitrogens with zero attached hydrogens (tertiary/aromatic N) is 4. The molecule has 0 unspecified atom stereocenters. The second-order valence-electron chi connectivity index (χ2n) is 7.51. The number of aromatic amines is 1. The number of aromatic nitrogens is 3. The summed E-state index contributed by atoms with van der Waals surface area (Å²) in [6.07, 6.45) is 7.45. The summed E-state index contributed by atoms with van der Waals surface area (Å²) in [5, 5.41) is 6.63. The van der Waals surface area contributed by atoms with E-state index >= 15 is 0 Å². The number of pyridine rings is 1. The molecular weight excluding hydrogens is 330 g/mol. The average molecular weight is 355 g/mol. The molecule has 2 aromatic heterocycles. The van der Waals surface area contributed by atoms with E-state index in [0.717, 1.165) is 44.6 Å². The first-order chi connectivity index (χ1) is 12.7. The lowest BCUT2D eigenvalue weighted by atomic mass is 9.75. The number of H-pyrrole nitrogens is 1. The second kappa shape index (κ2) is 7.17. The van der Waals surface area contributed by atoms with Crippen molar-refractivity contribution in [2.24, 2.45) is 5.92 Å². The Bertz CT molecular complexity index is 728. The summed E-state index contributed by atoms with van der Waals surface area (Å²) < 4.78 is 5.94. The van der Waals surface area contributed by atoms with Gasteiger partial charge in [-0.05, 0) is 50.0 Å². The summed E-state index contributed by atoms with van der Waals surface area (Å²) in [4.78, 5) is 20.9. The Labute approximate surface area is 153 Å². The van der Waals surface area contributed by atoms with Crippen molar-refractivity contribution >= 4 is 5.91 Å². The minimum absolute atomic E-state index is 0.0384. The van der Waals surface area contributed by atoms with Crippen LogP contribution in [0.15, 0.2) is 36.8 Å². The first-order valence-corrected chi connectivity index (χ1v) is 9.13. The molecule has 0 saturated carbocycles. The molecule has 0 aromatic carbocycles. The topological polar surface area (TPSA) is 74.3 Å². The number of likely N-dealkylation sites (N-methyl/N-ethyl adjacent to an activating group) is 1. The van der Waals surface area contributed by atoms with Crippen LogP contribution < -0.4 is 0 Å². The van der Waals surface area contributed by atoms with Crippen molar-refractivity contribution in [2.45, 2.75) is 25.0 Å². The van der Waals surface area contributed by atoms with Gasteiger partial charge in [-0.25, -0.2) is 0 Å². The van der Waals surface area contributed by atoms with Gasteiger partial charge in [-0.2, -0.15) is 5.10 Å². The van der Waals surface area contributed by atoms with E-state index < -0.39 is 0 Å². The third-order valence-electron chi connectivity index (χ3n) is 5.68. The van der Waals surface area contributed by atoms with Crippen LogP contribution in [-0.2, 0) is 11.3 Å². The maximum Gasteiger partial charge on any atom is 0.271 e. The smallest absolute Gasteiger partial charge is 0.271 e. The highest BCUT2D eigenvalue weighted by molar-refractivity contribution is 5.93. The minimum Gasteiger partial charge on any atom is -0.376 e. The number of hydrogen-bond donors (Lipinski definition) is 1. The van der Waals surface area contributed by atoms with Crippen LogP contribution in [0, 0.1) is 5.92 Å². The van der Waals surface area contributed by atoms with Gasteiger partial charge in [-0.1, -0.05) is 6.07 Å². The summed E-state index contributed by atoms with van der Waals surface area (Å²) in [5.74, 6) is 0.573. The van der Waals surface area contributed by atoms with Crippen LogP contribution in [0.2, 0.25) is 0 Å². The molecule has 0 bridgehead atoms. The standard InChI is InChI=1S/C19H25N5O2/c1-23-8-5-15(11-26-12-16-3-2-6-20-10-16)9-19(23)13-24(14-19)18(25)17-4-7-21-22-17/h2-4,6-7,10,15H,5,8-9,11-14H2,1H3,(H,21,22)/t15-/m1/s1. The largest absolute Gasteiger partial charge is 0.376 e. The molecule has 1 atom stereocenters. The number of rotatable bonds is 5. The number of likely N-dealkylation sites (tertiary alicyclic amines) is 2. The first-order valence-electron chi connectivity index (χ1n) is 9.13. The predicted octanol–water partition coefficient (Wildman–Crippen LogP) is 1.56. The van der Waals surface area contributed by atoms with Gasteiger partial charge in [0, 0.05) is 38.3 Å². The SMILES string of the molecule is CN1CC[C@@H](COCc2cccnc2)CC12CN(C(=O)c1ccn[nH]1)C2. The van der Waals surface area contributed by atoms with E-state index in [2.05, 4.69) is 27.1 Å². The summed E-state index contributed by atoms with van der Waals surface area (Å²) in [6.45, 7) is 3.98. The predicted molar refractivity (Wildman–Crippen MR) is 96.5 cm³/mol. The Morgan fingerprint density at radius 1 is 1.38 bits per heavy atom. The number of hydrogen-bond acceptors (Lipinski definition) is 5. The van der Waals surface area contributed by atoms with E-state index in [0.29, 0.717) is 18.2 Å². The van der Waals surface area contributed by atoms with Gasteiger partial charge in [0.25, 0.3) is 5.91 Å². The Morgan fingerprint density at radius 2 is 2.27 bits per heavy atom. The lowest BCUT2D eigenvalue weighted by molar-refractivity contribution is -0.0769. The second-order valence-corrected chi connectivity index (χ2v) is 7.51. The van der Waals surface area contributed by atoms with Crippen molar-refractivity contribution < 1.29 is 9.53 Å². The summed E-state index contributed by atoms with van der Waals surface area (Å²) >= 11 is 0. The van der Waals surface area contributed by atoms with Crippen molar-refractivity contribution in [3.05, 3.63) is 48.0 Å². The zero-order valence-electron chi connectivity index (χ0n) is 15.1. The molecule has 7 heteroatoms. The van der Waals surface area contributed by atoms with Crippen LogP contribution >= 0.6 is 0 Å². The number of piperidine rings is 1.